The average molecular weight is 259 g/mol. The molecule has 19 heavy (non-hydrogen) atoms. The monoisotopic (exact) mass is 259 g/mol. The van der Waals surface area contributed by atoms with E-state index in [4.69, 9.17) is 4.74 Å². The Labute approximate surface area is 114 Å². The second-order valence-electron chi connectivity index (χ2n) is 5.84. The number of nitrogens with zero attached hydrogens (tertiary/aromatic N) is 1. The number of hydrogen-bond acceptors (Lipinski definition) is 2. The van der Waals surface area contributed by atoms with Crippen molar-refractivity contribution in [3.8, 4) is 0 Å². The van der Waals surface area contributed by atoms with Crippen molar-refractivity contribution in [3.05, 3.63) is 35.9 Å². The van der Waals surface area contributed by atoms with Crippen LogP contribution in [0.1, 0.15) is 31.7 Å². The van der Waals surface area contributed by atoms with E-state index in [0.29, 0.717) is 25.0 Å². The lowest BCUT2D eigenvalue weighted by Crippen LogP contribution is -2.53. The highest BCUT2D eigenvalue weighted by Crippen LogP contribution is 2.48. The molecule has 1 aliphatic heterocycles. The summed E-state index contributed by atoms with van der Waals surface area (Å²) in [5.41, 5.74) is 1.30. The summed E-state index contributed by atoms with van der Waals surface area (Å²) >= 11 is 0. The van der Waals surface area contributed by atoms with Crippen LogP contribution in [0.4, 0.5) is 0 Å². The van der Waals surface area contributed by atoms with Gasteiger partial charge in [-0.2, -0.15) is 0 Å². The van der Waals surface area contributed by atoms with E-state index in [-0.39, 0.29) is 18.0 Å². The second kappa shape index (κ2) is 4.97. The van der Waals surface area contributed by atoms with Crippen LogP contribution >= 0.6 is 0 Å². The number of hydrogen-bond donors (Lipinski definition) is 0. The molecule has 102 valence electrons. The van der Waals surface area contributed by atoms with Gasteiger partial charge in [0, 0.05) is 5.92 Å². The van der Waals surface area contributed by atoms with Gasteiger partial charge in [-0.05, 0) is 31.7 Å². The molecule has 3 nitrogen and oxygen atoms in total. The molecule has 2 fully saturated rings. The number of carbonyl (C=O) groups is 1. The van der Waals surface area contributed by atoms with Gasteiger partial charge in [0.2, 0.25) is 5.91 Å². The molecular formula is C16H21NO2. The van der Waals surface area contributed by atoms with E-state index >= 15 is 0 Å². The van der Waals surface area contributed by atoms with Gasteiger partial charge in [0.05, 0.1) is 25.3 Å². The van der Waals surface area contributed by atoms with Crippen LogP contribution in [0.25, 0.3) is 0 Å². The van der Waals surface area contributed by atoms with Gasteiger partial charge in [-0.15, -0.1) is 0 Å². The zero-order chi connectivity index (χ0) is 13.4. The SMILES string of the molecule is C[C@@H]1COC[C@H](C)N1C(=O)[C@@H]1C[C@@H]1c1ccccc1. The summed E-state index contributed by atoms with van der Waals surface area (Å²) in [4.78, 5) is 14.7. The predicted molar refractivity (Wildman–Crippen MR) is 73.9 cm³/mol. The van der Waals surface area contributed by atoms with Crippen LogP contribution in [-0.2, 0) is 9.53 Å². The largest absolute Gasteiger partial charge is 0.377 e. The van der Waals surface area contributed by atoms with Gasteiger partial charge in [-0.25, -0.2) is 0 Å². The molecule has 1 aliphatic carbocycles. The average Bonchev–Trinajstić information content (AvgIpc) is 3.19. The summed E-state index contributed by atoms with van der Waals surface area (Å²) in [7, 11) is 0. The van der Waals surface area contributed by atoms with Gasteiger partial charge < -0.3 is 9.64 Å². The molecule has 1 aromatic rings. The third-order valence-electron chi connectivity index (χ3n) is 4.26. The van der Waals surface area contributed by atoms with Gasteiger partial charge in [-0.3, -0.25) is 4.79 Å². The molecular weight excluding hydrogens is 238 g/mol. The first-order valence-corrected chi connectivity index (χ1v) is 7.13. The Morgan fingerprint density at radius 3 is 2.42 bits per heavy atom. The van der Waals surface area contributed by atoms with E-state index < -0.39 is 0 Å². The molecule has 3 heteroatoms. The fraction of sp³-hybridized carbons (Fsp3) is 0.562. The summed E-state index contributed by atoms with van der Waals surface area (Å²) < 4.78 is 5.49. The van der Waals surface area contributed by atoms with Crippen molar-refractivity contribution < 1.29 is 9.53 Å². The summed E-state index contributed by atoms with van der Waals surface area (Å²) in [6.45, 7) is 5.48. The lowest BCUT2D eigenvalue weighted by atomic mass is 10.1. The summed E-state index contributed by atoms with van der Waals surface area (Å²) in [6, 6.07) is 10.8. The highest BCUT2D eigenvalue weighted by atomic mass is 16.5. The highest BCUT2D eigenvalue weighted by Gasteiger charge is 2.47. The van der Waals surface area contributed by atoms with Crippen LogP contribution in [0.5, 0.6) is 0 Å². The number of amides is 1. The second-order valence-corrected chi connectivity index (χ2v) is 5.84. The van der Waals surface area contributed by atoms with Crippen molar-refractivity contribution in [2.45, 2.75) is 38.3 Å². The van der Waals surface area contributed by atoms with Crippen molar-refractivity contribution in [2.75, 3.05) is 13.2 Å². The number of carbonyl (C=O) groups excluding carboxylic acids is 1. The predicted octanol–water partition coefficient (Wildman–Crippen LogP) is 2.43. The molecule has 0 radical (unpaired) electrons. The molecule has 2 aliphatic rings. The van der Waals surface area contributed by atoms with Crippen molar-refractivity contribution in [1.82, 2.24) is 4.90 Å². The summed E-state index contributed by atoms with van der Waals surface area (Å²) in [5, 5.41) is 0. The number of benzene rings is 1. The standard InChI is InChI=1S/C16H21NO2/c1-11-9-19-10-12(2)17(11)16(18)15-8-14(15)13-6-4-3-5-7-13/h3-7,11-12,14-15H,8-10H2,1-2H3/t11-,12+,14-,15-/m1/s1. The first-order chi connectivity index (χ1) is 9.18. The highest BCUT2D eigenvalue weighted by molar-refractivity contribution is 5.83. The molecule has 1 saturated heterocycles. The van der Waals surface area contributed by atoms with Crippen LogP contribution in [-0.4, -0.2) is 36.1 Å². The minimum atomic E-state index is 0.186. The van der Waals surface area contributed by atoms with Gasteiger partial charge in [0.1, 0.15) is 0 Å². The number of rotatable bonds is 2. The van der Waals surface area contributed by atoms with E-state index in [2.05, 4.69) is 38.1 Å². The zero-order valence-electron chi connectivity index (χ0n) is 11.6. The van der Waals surface area contributed by atoms with E-state index in [9.17, 15) is 4.79 Å². The first kappa shape index (κ1) is 12.7. The van der Waals surface area contributed by atoms with E-state index in [1.165, 1.54) is 5.56 Å². The van der Waals surface area contributed by atoms with Crippen LogP contribution in [0.2, 0.25) is 0 Å². The fourth-order valence-electron chi connectivity index (χ4n) is 3.17. The lowest BCUT2D eigenvalue weighted by molar-refractivity contribution is -0.145. The summed E-state index contributed by atoms with van der Waals surface area (Å²) in [5.74, 6) is 0.929. The maximum atomic E-state index is 12.6. The van der Waals surface area contributed by atoms with Crippen molar-refractivity contribution in [2.24, 2.45) is 5.92 Å². The van der Waals surface area contributed by atoms with E-state index in [1.807, 2.05) is 11.0 Å². The van der Waals surface area contributed by atoms with Crippen LogP contribution in [0.3, 0.4) is 0 Å². The molecule has 0 spiro atoms. The molecule has 0 bridgehead atoms. The molecule has 1 saturated carbocycles. The maximum Gasteiger partial charge on any atom is 0.226 e. The Morgan fingerprint density at radius 1 is 1.16 bits per heavy atom. The Morgan fingerprint density at radius 2 is 1.79 bits per heavy atom. The molecule has 0 N–H and O–H groups in total. The van der Waals surface area contributed by atoms with Crippen molar-refractivity contribution in [3.63, 3.8) is 0 Å². The molecule has 3 rings (SSSR count). The Kier molecular flexibility index (Phi) is 3.31. The fourth-order valence-corrected chi connectivity index (χ4v) is 3.17. The van der Waals surface area contributed by atoms with Gasteiger partial charge in [0.25, 0.3) is 0 Å². The first-order valence-electron chi connectivity index (χ1n) is 7.13. The van der Waals surface area contributed by atoms with Gasteiger partial charge >= 0.3 is 0 Å². The Bertz CT molecular complexity index is 449. The maximum absolute atomic E-state index is 12.6. The number of morpholine rings is 1. The van der Waals surface area contributed by atoms with E-state index in [0.717, 1.165) is 6.42 Å². The third kappa shape index (κ3) is 2.39. The summed E-state index contributed by atoms with van der Waals surface area (Å²) in [6.07, 6.45) is 1.000. The number of ether oxygens (including phenoxy) is 1. The Hall–Kier alpha value is -1.35. The minimum absolute atomic E-state index is 0.186. The quantitative estimate of drug-likeness (QED) is 0.816. The van der Waals surface area contributed by atoms with Crippen LogP contribution in [0, 0.1) is 5.92 Å². The molecule has 1 heterocycles. The normalized spacial score (nSPS) is 34.1. The molecule has 1 amide bonds. The van der Waals surface area contributed by atoms with Gasteiger partial charge in [0.15, 0.2) is 0 Å². The Balaban J connectivity index is 1.69. The van der Waals surface area contributed by atoms with Crippen molar-refractivity contribution in [1.29, 1.82) is 0 Å². The zero-order valence-corrected chi connectivity index (χ0v) is 11.6. The van der Waals surface area contributed by atoms with Crippen LogP contribution in [0.15, 0.2) is 30.3 Å². The third-order valence-corrected chi connectivity index (χ3v) is 4.26. The topological polar surface area (TPSA) is 29.5 Å². The van der Waals surface area contributed by atoms with Gasteiger partial charge in [-0.1, -0.05) is 30.3 Å². The minimum Gasteiger partial charge on any atom is -0.377 e. The molecule has 0 unspecified atom stereocenters. The smallest absolute Gasteiger partial charge is 0.226 e. The molecule has 4 atom stereocenters. The van der Waals surface area contributed by atoms with E-state index in [1.54, 1.807) is 0 Å². The lowest BCUT2D eigenvalue weighted by Gasteiger charge is -2.39. The molecule has 1 aromatic carbocycles. The van der Waals surface area contributed by atoms with Crippen molar-refractivity contribution >= 4 is 5.91 Å². The van der Waals surface area contributed by atoms with Crippen LogP contribution < -0.4 is 0 Å². The molecule has 0 aromatic heterocycles.